The highest BCUT2D eigenvalue weighted by Gasteiger charge is 2.29. The van der Waals surface area contributed by atoms with Crippen LogP contribution in [0.3, 0.4) is 0 Å². The van der Waals surface area contributed by atoms with Crippen LogP contribution in [0.25, 0.3) is 22.0 Å². The van der Waals surface area contributed by atoms with Gasteiger partial charge in [-0.1, -0.05) is 36.4 Å². The predicted molar refractivity (Wildman–Crippen MR) is 94.8 cm³/mol. The molecule has 3 aromatic rings. The first-order chi connectivity index (χ1) is 11.0. The summed E-state index contributed by atoms with van der Waals surface area (Å²) in [5.41, 5.74) is 1.81. The van der Waals surface area contributed by atoms with Crippen molar-refractivity contribution in [1.82, 2.24) is 4.98 Å². The molecule has 3 rings (SSSR count). The Balaban J connectivity index is 2.07. The number of pyridine rings is 1. The summed E-state index contributed by atoms with van der Waals surface area (Å²) >= 11 is 1.32. The highest BCUT2D eigenvalue weighted by Crippen LogP contribution is 2.38. The second-order valence-electron chi connectivity index (χ2n) is 5.83. The van der Waals surface area contributed by atoms with Crippen LogP contribution in [0.5, 0.6) is 0 Å². The van der Waals surface area contributed by atoms with Gasteiger partial charge in [-0.15, -0.1) is 11.8 Å². The Morgan fingerprint density at radius 1 is 1.04 bits per heavy atom. The minimum Gasteiger partial charge on any atom is -0.480 e. The van der Waals surface area contributed by atoms with Gasteiger partial charge in [0.15, 0.2) is 0 Å². The van der Waals surface area contributed by atoms with Gasteiger partial charge in [0.25, 0.3) is 0 Å². The Morgan fingerprint density at radius 3 is 2.52 bits per heavy atom. The Bertz CT molecular complexity index is 874. The minimum atomic E-state index is -0.908. The molecule has 0 aliphatic heterocycles. The van der Waals surface area contributed by atoms with Gasteiger partial charge in [0, 0.05) is 16.7 Å². The molecule has 0 unspecified atom stereocenters. The van der Waals surface area contributed by atoms with Crippen LogP contribution in [0, 0.1) is 0 Å². The van der Waals surface area contributed by atoms with Crippen molar-refractivity contribution in [3.8, 4) is 11.3 Å². The molecule has 4 heteroatoms. The average molecular weight is 323 g/mol. The van der Waals surface area contributed by atoms with Crippen molar-refractivity contribution in [2.24, 2.45) is 0 Å². The lowest BCUT2D eigenvalue weighted by Crippen LogP contribution is -2.27. The second-order valence-corrected chi connectivity index (χ2v) is 7.49. The Hall–Kier alpha value is -2.33. The van der Waals surface area contributed by atoms with Gasteiger partial charge in [0.05, 0.1) is 5.69 Å². The van der Waals surface area contributed by atoms with E-state index in [1.165, 1.54) is 17.1 Å². The molecule has 0 radical (unpaired) electrons. The number of fused-ring (bicyclic) bond motifs is 1. The molecule has 23 heavy (non-hydrogen) atoms. The van der Waals surface area contributed by atoms with Crippen LogP contribution in [-0.2, 0) is 4.79 Å². The first-order valence-electron chi connectivity index (χ1n) is 7.34. The fraction of sp³-hybridized carbons (Fsp3) is 0.158. The zero-order chi connectivity index (χ0) is 16.4. The fourth-order valence-electron chi connectivity index (χ4n) is 2.34. The van der Waals surface area contributed by atoms with E-state index in [0.29, 0.717) is 0 Å². The number of carboxylic acid groups (broad SMARTS) is 1. The van der Waals surface area contributed by atoms with Crippen LogP contribution < -0.4 is 0 Å². The largest absolute Gasteiger partial charge is 0.480 e. The molecular formula is C19H17NO2S. The van der Waals surface area contributed by atoms with E-state index < -0.39 is 10.7 Å². The van der Waals surface area contributed by atoms with Gasteiger partial charge < -0.3 is 5.11 Å². The molecule has 0 saturated heterocycles. The fourth-order valence-corrected chi connectivity index (χ4v) is 3.40. The quantitative estimate of drug-likeness (QED) is 0.697. The van der Waals surface area contributed by atoms with Gasteiger partial charge in [0.1, 0.15) is 4.75 Å². The van der Waals surface area contributed by atoms with Crippen molar-refractivity contribution in [3.63, 3.8) is 0 Å². The zero-order valence-corrected chi connectivity index (χ0v) is 13.8. The van der Waals surface area contributed by atoms with Crippen LogP contribution in [0.2, 0.25) is 0 Å². The molecule has 0 amide bonds. The number of thioether (sulfide) groups is 1. The molecule has 0 aliphatic carbocycles. The smallest absolute Gasteiger partial charge is 0.319 e. The number of rotatable bonds is 4. The van der Waals surface area contributed by atoms with Crippen molar-refractivity contribution in [3.05, 3.63) is 60.8 Å². The maximum Gasteiger partial charge on any atom is 0.319 e. The number of hydrogen-bond acceptors (Lipinski definition) is 3. The molecule has 2 aromatic carbocycles. The SMILES string of the molecule is CC(C)(Sc1cccnc1-c1ccc2ccccc2c1)C(=O)O. The molecule has 0 spiro atoms. The Labute approximate surface area is 139 Å². The summed E-state index contributed by atoms with van der Waals surface area (Å²) in [6.45, 7) is 3.41. The summed E-state index contributed by atoms with van der Waals surface area (Å²) in [7, 11) is 0. The van der Waals surface area contributed by atoms with Gasteiger partial charge >= 0.3 is 5.97 Å². The number of aromatic nitrogens is 1. The third kappa shape index (κ3) is 3.22. The van der Waals surface area contributed by atoms with Crippen LogP contribution >= 0.6 is 11.8 Å². The summed E-state index contributed by atoms with van der Waals surface area (Å²) in [6.07, 6.45) is 1.74. The minimum absolute atomic E-state index is 0.817. The molecule has 1 heterocycles. The summed E-state index contributed by atoms with van der Waals surface area (Å²) in [5.74, 6) is -0.837. The standard InChI is InChI=1S/C19H17NO2S/c1-19(2,18(21)22)23-16-8-5-11-20-17(16)15-10-9-13-6-3-4-7-14(13)12-15/h3-12H,1-2H3,(H,21,22). The topological polar surface area (TPSA) is 50.2 Å². The Kier molecular flexibility index (Phi) is 4.09. The van der Waals surface area contributed by atoms with E-state index in [1.807, 2.05) is 30.3 Å². The maximum absolute atomic E-state index is 11.4. The summed E-state index contributed by atoms with van der Waals surface area (Å²) in [4.78, 5) is 16.8. The van der Waals surface area contributed by atoms with Crippen LogP contribution in [0.1, 0.15) is 13.8 Å². The van der Waals surface area contributed by atoms with E-state index >= 15 is 0 Å². The van der Waals surface area contributed by atoms with Crippen molar-refractivity contribution < 1.29 is 9.90 Å². The van der Waals surface area contributed by atoms with E-state index in [9.17, 15) is 9.90 Å². The molecule has 1 N–H and O–H groups in total. The van der Waals surface area contributed by atoms with Crippen LogP contribution in [0.4, 0.5) is 0 Å². The van der Waals surface area contributed by atoms with Gasteiger partial charge in [-0.25, -0.2) is 0 Å². The maximum atomic E-state index is 11.4. The van der Waals surface area contributed by atoms with Gasteiger partial charge in [-0.2, -0.15) is 0 Å². The number of aliphatic carboxylic acids is 1. The molecule has 0 aliphatic rings. The first kappa shape index (κ1) is 15.6. The molecule has 0 atom stereocenters. The van der Waals surface area contributed by atoms with E-state index in [0.717, 1.165) is 21.5 Å². The lowest BCUT2D eigenvalue weighted by molar-refractivity contribution is -0.138. The molecule has 1 aromatic heterocycles. The second kappa shape index (κ2) is 6.05. The third-order valence-corrected chi connectivity index (χ3v) is 4.91. The number of benzene rings is 2. The average Bonchev–Trinajstić information content (AvgIpc) is 2.54. The van der Waals surface area contributed by atoms with Crippen molar-refractivity contribution in [2.75, 3.05) is 0 Å². The zero-order valence-electron chi connectivity index (χ0n) is 13.0. The van der Waals surface area contributed by atoms with Gasteiger partial charge in [0.2, 0.25) is 0 Å². The molecule has 116 valence electrons. The highest BCUT2D eigenvalue weighted by atomic mass is 32.2. The van der Waals surface area contributed by atoms with Crippen molar-refractivity contribution >= 4 is 28.5 Å². The third-order valence-electron chi connectivity index (χ3n) is 3.67. The van der Waals surface area contributed by atoms with Crippen LogP contribution in [0.15, 0.2) is 65.7 Å². The summed E-state index contributed by atoms with van der Waals surface area (Å²) < 4.78 is -0.908. The number of hydrogen-bond donors (Lipinski definition) is 1. The molecule has 3 nitrogen and oxygen atoms in total. The van der Waals surface area contributed by atoms with Crippen molar-refractivity contribution in [2.45, 2.75) is 23.5 Å². The lowest BCUT2D eigenvalue weighted by Gasteiger charge is -2.20. The normalized spacial score (nSPS) is 11.6. The predicted octanol–water partition coefficient (Wildman–Crippen LogP) is 4.86. The van der Waals surface area contributed by atoms with E-state index in [1.54, 1.807) is 20.0 Å². The lowest BCUT2D eigenvalue weighted by atomic mass is 10.0. The first-order valence-corrected chi connectivity index (χ1v) is 8.16. The van der Waals surface area contributed by atoms with Crippen LogP contribution in [-0.4, -0.2) is 20.8 Å². The van der Waals surface area contributed by atoms with Gasteiger partial charge in [-0.05, 0) is 42.8 Å². The van der Waals surface area contributed by atoms with E-state index in [2.05, 4.69) is 29.2 Å². The molecule has 0 bridgehead atoms. The number of carbonyl (C=O) groups is 1. The number of carboxylic acids is 1. The van der Waals surface area contributed by atoms with Gasteiger partial charge in [-0.3, -0.25) is 9.78 Å². The van der Waals surface area contributed by atoms with E-state index in [4.69, 9.17) is 0 Å². The molecular weight excluding hydrogens is 306 g/mol. The van der Waals surface area contributed by atoms with E-state index in [-0.39, 0.29) is 0 Å². The summed E-state index contributed by atoms with van der Waals surface area (Å²) in [6, 6.07) is 18.1. The molecule has 0 fully saturated rings. The van der Waals surface area contributed by atoms with Crippen molar-refractivity contribution in [1.29, 1.82) is 0 Å². The monoisotopic (exact) mass is 323 g/mol. The molecule has 0 saturated carbocycles. The summed E-state index contributed by atoms with van der Waals surface area (Å²) in [5, 5.41) is 11.7. The highest BCUT2D eigenvalue weighted by molar-refractivity contribution is 8.01. The number of nitrogens with zero attached hydrogens (tertiary/aromatic N) is 1. The Morgan fingerprint density at radius 2 is 1.78 bits per heavy atom.